The van der Waals surface area contributed by atoms with Crippen LogP contribution in [0.5, 0.6) is 5.75 Å². The number of hydrogen-bond acceptors (Lipinski definition) is 3. The van der Waals surface area contributed by atoms with Crippen LogP contribution in [-0.2, 0) is 16.2 Å². The molecule has 1 heterocycles. The van der Waals surface area contributed by atoms with Gasteiger partial charge in [0.05, 0.1) is 13.1 Å². The molecular weight excluding hydrogens is 354 g/mol. The SMILES string of the molecule is C[C@H](C(=O)Nc1ccc(OCc2ccccc2)cc1)[NH+]1CCC(C(N)=O)CC1. The van der Waals surface area contributed by atoms with E-state index in [1.807, 2.05) is 61.5 Å². The first kappa shape index (κ1) is 19.9. The number of carbonyl (C=O) groups is 2. The molecule has 2 aromatic carbocycles. The lowest BCUT2D eigenvalue weighted by molar-refractivity contribution is -0.919. The van der Waals surface area contributed by atoms with Crippen molar-refractivity contribution in [1.82, 2.24) is 0 Å². The van der Waals surface area contributed by atoms with Crippen LogP contribution in [-0.4, -0.2) is 30.9 Å². The van der Waals surface area contributed by atoms with Crippen molar-refractivity contribution in [3.8, 4) is 5.75 Å². The molecule has 6 nitrogen and oxygen atoms in total. The highest BCUT2D eigenvalue weighted by atomic mass is 16.5. The molecule has 6 heteroatoms. The summed E-state index contributed by atoms with van der Waals surface area (Å²) in [4.78, 5) is 25.0. The number of quaternary nitrogens is 1. The van der Waals surface area contributed by atoms with Crippen LogP contribution in [0.3, 0.4) is 0 Å². The number of nitrogens with two attached hydrogens (primary N) is 1. The Morgan fingerprint density at radius 2 is 1.75 bits per heavy atom. The van der Waals surface area contributed by atoms with Gasteiger partial charge in [-0.1, -0.05) is 30.3 Å². The Morgan fingerprint density at radius 1 is 1.11 bits per heavy atom. The molecule has 1 aliphatic rings. The van der Waals surface area contributed by atoms with Crippen LogP contribution < -0.4 is 20.7 Å². The van der Waals surface area contributed by atoms with Gasteiger partial charge < -0.3 is 20.7 Å². The van der Waals surface area contributed by atoms with Gasteiger partial charge in [0, 0.05) is 24.4 Å². The third-order valence-electron chi connectivity index (χ3n) is 5.41. The molecule has 0 aromatic heterocycles. The van der Waals surface area contributed by atoms with Gasteiger partial charge in [-0.2, -0.15) is 0 Å². The molecule has 4 N–H and O–H groups in total. The van der Waals surface area contributed by atoms with Crippen molar-refractivity contribution in [3.05, 3.63) is 60.2 Å². The minimum absolute atomic E-state index is 0.0227. The van der Waals surface area contributed by atoms with Gasteiger partial charge in [0.25, 0.3) is 5.91 Å². The van der Waals surface area contributed by atoms with E-state index in [1.54, 1.807) is 0 Å². The number of amides is 2. The van der Waals surface area contributed by atoms with E-state index >= 15 is 0 Å². The van der Waals surface area contributed by atoms with Gasteiger partial charge in [0.1, 0.15) is 12.4 Å². The van der Waals surface area contributed by atoms with Gasteiger partial charge >= 0.3 is 0 Å². The molecule has 1 atom stereocenters. The number of likely N-dealkylation sites (tertiary alicyclic amines) is 1. The van der Waals surface area contributed by atoms with Gasteiger partial charge in [-0.25, -0.2) is 0 Å². The van der Waals surface area contributed by atoms with Crippen molar-refractivity contribution in [2.24, 2.45) is 11.7 Å². The zero-order valence-corrected chi connectivity index (χ0v) is 16.2. The summed E-state index contributed by atoms with van der Waals surface area (Å²) in [6.07, 6.45) is 1.49. The van der Waals surface area contributed by atoms with Gasteiger partial charge in [-0.05, 0) is 36.8 Å². The van der Waals surface area contributed by atoms with Crippen LogP contribution in [0.1, 0.15) is 25.3 Å². The Kier molecular flexibility index (Phi) is 6.66. The molecule has 0 aliphatic carbocycles. The largest absolute Gasteiger partial charge is 0.489 e. The van der Waals surface area contributed by atoms with E-state index in [-0.39, 0.29) is 23.8 Å². The van der Waals surface area contributed by atoms with E-state index in [4.69, 9.17) is 10.5 Å². The van der Waals surface area contributed by atoms with Crippen molar-refractivity contribution in [3.63, 3.8) is 0 Å². The number of carbonyl (C=O) groups excluding carboxylic acids is 2. The number of piperidine rings is 1. The van der Waals surface area contributed by atoms with Crippen molar-refractivity contribution in [1.29, 1.82) is 0 Å². The highest BCUT2D eigenvalue weighted by Crippen LogP contribution is 2.17. The second kappa shape index (κ2) is 9.37. The van der Waals surface area contributed by atoms with Crippen molar-refractivity contribution >= 4 is 17.5 Å². The number of nitrogens with one attached hydrogen (secondary N) is 2. The molecule has 1 fully saturated rings. The number of hydrogen-bond donors (Lipinski definition) is 3. The minimum Gasteiger partial charge on any atom is -0.489 e. The monoisotopic (exact) mass is 382 g/mol. The molecule has 0 bridgehead atoms. The molecule has 2 amide bonds. The first-order valence-corrected chi connectivity index (χ1v) is 9.74. The summed E-state index contributed by atoms with van der Waals surface area (Å²) >= 11 is 0. The maximum atomic E-state index is 12.6. The molecule has 28 heavy (non-hydrogen) atoms. The van der Waals surface area contributed by atoms with E-state index in [9.17, 15) is 9.59 Å². The summed E-state index contributed by atoms with van der Waals surface area (Å²) in [7, 11) is 0. The molecule has 148 valence electrons. The standard InChI is InChI=1S/C22H27N3O3/c1-16(25-13-11-18(12-14-25)21(23)26)22(27)24-19-7-9-20(10-8-19)28-15-17-5-3-2-4-6-17/h2-10,16,18H,11-15H2,1H3,(H2,23,26)(H,24,27)/p+1/t16-/m1/s1. The van der Waals surface area contributed by atoms with E-state index in [0.29, 0.717) is 6.61 Å². The lowest BCUT2D eigenvalue weighted by Crippen LogP contribution is -3.17. The molecule has 1 aliphatic heterocycles. The fourth-order valence-electron chi connectivity index (χ4n) is 3.52. The first-order chi connectivity index (χ1) is 13.5. The Labute approximate surface area is 165 Å². The first-order valence-electron chi connectivity index (χ1n) is 9.74. The zero-order valence-electron chi connectivity index (χ0n) is 16.2. The summed E-state index contributed by atoms with van der Waals surface area (Å²) in [5.41, 5.74) is 7.23. The normalized spacial score (nSPS) is 20.2. The smallest absolute Gasteiger partial charge is 0.282 e. The summed E-state index contributed by atoms with van der Waals surface area (Å²) < 4.78 is 5.77. The zero-order chi connectivity index (χ0) is 19.9. The van der Waals surface area contributed by atoms with Crippen LogP contribution in [0.15, 0.2) is 54.6 Å². The third-order valence-corrected chi connectivity index (χ3v) is 5.41. The second-order valence-corrected chi connectivity index (χ2v) is 7.34. The predicted molar refractivity (Wildman–Crippen MR) is 108 cm³/mol. The van der Waals surface area contributed by atoms with Crippen LogP contribution in [0.4, 0.5) is 5.69 Å². The topological polar surface area (TPSA) is 85.9 Å². The Bertz CT molecular complexity index is 784. The van der Waals surface area contributed by atoms with Gasteiger partial charge in [-0.15, -0.1) is 0 Å². The number of benzene rings is 2. The summed E-state index contributed by atoms with van der Waals surface area (Å²) in [6, 6.07) is 17.2. The summed E-state index contributed by atoms with van der Waals surface area (Å²) in [5, 5.41) is 2.97. The Balaban J connectivity index is 1.48. The van der Waals surface area contributed by atoms with Crippen molar-refractivity contribution < 1.29 is 19.2 Å². The van der Waals surface area contributed by atoms with Crippen LogP contribution in [0.2, 0.25) is 0 Å². The third kappa shape index (κ3) is 5.33. The molecule has 0 unspecified atom stereocenters. The van der Waals surface area contributed by atoms with E-state index in [2.05, 4.69) is 5.32 Å². The molecule has 0 radical (unpaired) electrons. The molecule has 0 saturated carbocycles. The highest BCUT2D eigenvalue weighted by Gasteiger charge is 2.31. The second-order valence-electron chi connectivity index (χ2n) is 7.34. The lowest BCUT2D eigenvalue weighted by Gasteiger charge is -2.31. The quantitative estimate of drug-likeness (QED) is 0.676. The average molecular weight is 382 g/mol. The Hall–Kier alpha value is -2.86. The van der Waals surface area contributed by atoms with Gasteiger partial charge in [-0.3, -0.25) is 9.59 Å². The molecule has 2 aromatic rings. The summed E-state index contributed by atoms with van der Waals surface area (Å²) in [5.74, 6) is 0.452. The van der Waals surface area contributed by atoms with E-state index in [0.717, 1.165) is 42.9 Å². The van der Waals surface area contributed by atoms with Crippen LogP contribution in [0.25, 0.3) is 0 Å². The maximum absolute atomic E-state index is 12.6. The molecule has 1 saturated heterocycles. The van der Waals surface area contributed by atoms with Crippen LogP contribution >= 0.6 is 0 Å². The van der Waals surface area contributed by atoms with E-state index in [1.165, 1.54) is 4.90 Å². The number of anilines is 1. The predicted octanol–water partition coefficient (Wildman–Crippen LogP) is 1.37. The fraction of sp³-hybridized carbons (Fsp3) is 0.364. The van der Waals surface area contributed by atoms with Crippen molar-refractivity contribution in [2.75, 3.05) is 18.4 Å². The maximum Gasteiger partial charge on any atom is 0.282 e. The molecule has 3 rings (SSSR count). The van der Waals surface area contributed by atoms with Gasteiger partial charge in [0.2, 0.25) is 5.91 Å². The minimum atomic E-state index is -0.231. The average Bonchev–Trinajstić information content (AvgIpc) is 2.73. The molecule has 0 spiro atoms. The molecular formula is C22H28N3O3+. The lowest BCUT2D eigenvalue weighted by atomic mass is 9.95. The summed E-state index contributed by atoms with van der Waals surface area (Å²) in [6.45, 7) is 4.00. The number of rotatable bonds is 7. The van der Waals surface area contributed by atoms with Crippen LogP contribution in [0, 0.1) is 5.92 Å². The van der Waals surface area contributed by atoms with E-state index < -0.39 is 0 Å². The number of ether oxygens (including phenoxy) is 1. The highest BCUT2D eigenvalue weighted by molar-refractivity contribution is 5.93. The number of primary amides is 1. The fourth-order valence-corrected chi connectivity index (χ4v) is 3.52. The Morgan fingerprint density at radius 3 is 2.36 bits per heavy atom. The van der Waals surface area contributed by atoms with Crippen molar-refractivity contribution in [2.45, 2.75) is 32.4 Å². The van der Waals surface area contributed by atoms with Gasteiger partial charge in [0.15, 0.2) is 6.04 Å².